The topological polar surface area (TPSA) is 71.3 Å². The lowest BCUT2D eigenvalue weighted by molar-refractivity contribution is 0.0942. The van der Waals surface area contributed by atoms with Crippen LogP contribution in [0.4, 0.5) is 6.01 Å². The third kappa shape index (κ3) is 3.41. The lowest BCUT2D eigenvalue weighted by atomic mass is 10.1. The van der Waals surface area contributed by atoms with Gasteiger partial charge in [0.05, 0.1) is 4.88 Å². The van der Waals surface area contributed by atoms with Gasteiger partial charge in [0.1, 0.15) is 6.04 Å². The fourth-order valence-electron chi connectivity index (χ4n) is 2.92. The zero-order chi connectivity index (χ0) is 17.1. The molecule has 25 heavy (non-hydrogen) atoms. The van der Waals surface area contributed by atoms with E-state index in [4.69, 9.17) is 4.42 Å². The van der Waals surface area contributed by atoms with E-state index in [1.54, 1.807) is 6.07 Å². The van der Waals surface area contributed by atoms with E-state index in [9.17, 15) is 4.79 Å². The Morgan fingerprint density at radius 1 is 1.12 bits per heavy atom. The highest BCUT2D eigenvalue weighted by Crippen LogP contribution is 2.26. The molecule has 128 valence electrons. The smallest absolute Gasteiger partial charge is 0.318 e. The van der Waals surface area contributed by atoms with Crippen molar-refractivity contribution in [2.75, 3.05) is 18.0 Å². The first kappa shape index (κ1) is 15.8. The number of nitrogens with zero attached hydrogens (tertiary/aromatic N) is 3. The summed E-state index contributed by atoms with van der Waals surface area (Å²) >= 11 is 1.40. The summed E-state index contributed by atoms with van der Waals surface area (Å²) in [6.07, 6.45) is 2.27. The molecule has 0 saturated carbocycles. The van der Waals surface area contributed by atoms with Gasteiger partial charge in [0, 0.05) is 13.1 Å². The molecule has 3 heterocycles. The average Bonchev–Trinajstić information content (AvgIpc) is 3.42. The zero-order valence-corrected chi connectivity index (χ0v) is 14.4. The zero-order valence-electron chi connectivity index (χ0n) is 13.6. The first-order chi connectivity index (χ1) is 12.3. The first-order valence-electron chi connectivity index (χ1n) is 8.29. The summed E-state index contributed by atoms with van der Waals surface area (Å²) in [5.74, 6) is 0.253. The van der Waals surface area contributed by atoms with Crippen molar-refractivity contribution in [3.63, 3.8) is 0 Å². The predicted molar refractivity (Wildman–Crippen MR) is 95.8 cm³/mol. The molecule has 4 rings (SSSR count). The van der Waals surface area contributed by atoms with Crippen molar-refractivity contribution >= 4 is 23.3 Å². The van der Waals surface area contributed by atoms with E-state index >= 15 is 0 Å². The molecule has 1 N–H and O–H groups in total. The molecule has 7 heteroatoms. The van der Waals surface area contributed by atoms with Crippen LogP contribution in [0.15, 0.2) is 52.3 Å². The lowest BCUT2D eigenvalue weighted by Crippen LogP contribution is -2.29. The minimum Gasteiger partial charge on any atom is -0.405 e. The lowest BCUT2D eigenvalue weighted by Gasteiger charge is -2.15. The van der Waals surface area contributed by atoms with E-state index in [1.807, 2.05) is 41.8 Å². The molecule has 1 aliphatic rings. The van der Waals surface area contributed by atoms with Crippen molar-refractivity contribution < 1.29 is 9.21 Å². The second-order valence-corrected chi connectivity index (χ2v) is 6.86. The van der Waals surface area contributed by atoms with Gasteiger partial charge in [-0.1, -0.05) is 41.5 Å². The molecule has 0 spiro atoms. The first-order valence-corrected chi connectivity index (χ1v) is 9.17. The van der Waals surface area contributed by atoms with Crippen LogP contribution in [0.25, 0.3) is 0 Å². The quantitative estimate of drug-likeness (QED) is 0.761. The number of thiophene rings is 1. The third-order valence-corrected chi connectivity index (χ3v) is 5.08. The summed E-state index contributed by atoms with van der Waals surface area (Å²) < 4.78 is 5.89. The number of carbonyl (C=O) groups excluding carboxylic acids is 1. The highest BCUT2D eigenvalue weighted by molar-refractivity contribution is 7.12. The molecule has 6 nitrogen and oxygen atoms in total. The Bertz CT molecular complexity index is 826. The Balaban J connectivity index is 1.62. The largest absolute Gasteiger partial charge is 0.405 e. The highest BCUT2D eigenvalue weighted by Gasteiger charge is 2.26. The maximum atomic E-state index is 12.5. The number of amides is 1. The van der Waals surface area contributed by atoms with Gasteiger partial charge in [0.25, 0.3) is 5.91 Å². The summed E-state index contributed by atoms with van der Waals surface area (Å²) in [7, 11) is 0. The number of rotatable bonds is 5. The van der Waals surface area contributed by atoms with Gasteiger partial charge in [-0.15, -0.1) is 16.4 Å². The normalized spacial score (nSPS) is 15.3. The van der Waals surface area contributed by atoms with Crippen LogP contribution in [0.1, 0.15) is 40.0 Å². The molecule has 1 fully saturated rings. The van der Waals surface area contributed by atoms with Crippen LogP contribution >= 0.6 is 11.3 Å². The van der Waals surface area contributed by atoms with Crippen molar-refractivity contribution in [1.29, 1.82) is 0 Å². The predicted octanol–water partition coefficient (Wildman–Crippen LogP) is 3.25. The number of nitrogens with one attached hydrogen (secondary N) is 1. The summed E-state index contributed by atoms with van der Waals surface area (Å²) in [6, 6.07) is 13.4. The fraction of sp³-hybridized carbons (Fsp3) is 0.278. The van der Waals surface area contributed by atoms with E-state index < -0.39 is 6.04 Å². The van der Waals surface area contributed by atoms with Crippen LogP contribution in [0, 0.1) is 0 Å². The molecule has 1 amide bonds. The minimum atomic E-state index is -0.473. The average molecular weight is 354 g/mol. The Kier molecular flexibility index (Phi) is 4.47. The summed E-state index contributed by atoms with van der Waals surface area (Å²) in [6.45, 7) is 1.86. The standard InChI is InChI=1S/C18H18N4O2S/c23-16(14-9-6-12-25-14)19-15(13-7-2-1-3-8-13)17-20-21-18(24-17)22-10-4-5-11-22/h1-3,6-9,12,15H,4-5,10-11H2,(H,19,23)/t15-/m0/s1. The van der Waals surface area contributed by atoms with Gasteiger partial charge < -0.3 is 14.6 Å². The van der Waals surface area contributed by atoms with Crippen molar-refractivity contribution in [3.05, 3.63) is 64.2 Å². The van der Waals surface area contributed by atoms with Crippen LogP contribution in [-0.4, -0.2) is 29.2 Å². The van der Waals surface area contributed by atoms with Crippen LogP contribution in [0.2, 0.25) is 0 Å². The molecule has 1 atom stereocenters. The Labute approximate surface area is 149 Å². The van der Waals surface area contributed by atoms with E-state index in [0.29, 0.717) is 16.8 Å². The van der Waals surface area contributed by atoms with Crippen molar-refractivity contribution in [1.82, 2.24) is 15.5 Å². The highest BCUT2D eigenvalue weighted by atomic mass is 32.1. The van der Waals surface area contributed by atoms with Gasteiger partial charge in [0.15, 0.2) is 0 Å². The third-order valence-electron chi connectivity index (χ3n) is 4.21. The monoisotopic (exact) mass is 354 g/mol. The van der Waals surface area contributed by atoms with Gasteiger partial charge in [-0.3, -0.25) is 4.79 Å². The molecule has 3 aromatic rings. The molecule has 1 saturated heterocycles. The Hall–Kier alpha value is -2.67. The summed E-state index contributed by atoms with van der Waals surface area (Å²) in [5, 5.41) is 13.3. The van der Waals surface area contributed by atoms with Crippen molar-refractivity contribution in [2.45, 2.75) is 18.9 Å². The number of hydrogen-bond acceptors (Lipinski definition) is 6. The Morgan fingerprint density at radius 2 is 1.92 bits per heavy atom. The molecular weight excluding hydrogens is 336 g/mol. The van der Waals surface area contributed by atoms with Crippen molar-refractivity contribution in [3.8, 4) is 0 Å². The molecule has 0 bridgehead atoms. The van der Waals surface area contributed by atoms with Gasteiger partial charge in [-0.05, 0) is 29.9 Å². The second-order valence-electron chi connectivity index (χ2n) is 5.91. The van der Waals surface area contributed by atoms with E-state index in [0.717, 1.165) is 31.5 Å². The number of aromatic nitrogens is 2. The molecule has 1 aliphatic heterocycles. The van der Waals surface area contributed by atoms with Crippen LogP contribution < -0.4 is 10.2 Å². The van der Waals surface area contributed by atoms with E-state index in [1.165, 1.54) is 11.3 Å². The number of hydrogen-bond donors (Lipinski definition) is 1. The summed E-state index contributed by atoms with van der Waals surface area (Å²) in [4.78, 5) is 15.3. The molecule has 0 aliphatic carbocycles. The van der Waals surface area contributed by atoms with E-state index in [2.05, 4.69) is 20.4 Å². The van der Waals surface area contributed by atoms with Crippen LogP contribution in [0.3, 0.4) is 0 Å². The fourth-order valence-corrected chi connectivity index (χ4v) is 3.55. The van der Waals surface area contributed by atoms with Crippen molar-refractivity contribution in [2.24, 2.45) is 0 Å². The summed E-state index contributed by atoms with van der Waals surface area (Å²) in [5.41, 5.74) is 0.907. The second kappa shape index (κ2) is 7.06. The van der Waals surface area contributed by atoms with Gasteiger partial charge in [-0.25, -0.2) is 0 Å². The van der Waals surface area contributed by atoms with E-state index in [-0.39, 0.29) is 5.91 Å². The SMILES string of the molecule is O=C(N[C@@H](c1ccccc1)c1nnc(N2CCCC2)o1)c1cccs1. The van der Waals surface area contributed by atoms with Gasteiger partial charge >= 0.3 is 6.01 Å². The number of carbonyl (C=O) groups is 1. The van der Waals surface area contributed by atoms with Crippen LogP contribution in [-0.2, 0) is 0 Å². The molecule has 2 aromatic heterocycles. The van der Waals surface area contributed by atoms with Gasteiger partial charge in [0.2, 0.25) is 5.89 Å². The van der Waals surface area contributed by atoms with Gasteiger partial charge in [-0.2, -0.15) is 0 Å². The van der Waals surface area contributed by atoms with Crippen LogP contribution in [0.5, 0.6) is 0 Å². The maximum Gasteiger partial charge on any atom is 0.318 e. The molecule has 0 radical (unpaired) electrons. The molecule has 1 aromatic carbocycles. The minimum absolute atomic E-state index is 0.148. The Morgan fingerprint density at radius 3 is 2.64 bits per heavy atom. The number of anilines is 1. The maximum absolute atomic E-state index is 12.5. The number of benzene rings is 1. The molecular formula is C18H18N4O2S. The molecule has 0 unspecified atom stereocenters.